The third-order valence-corrected chi connectivity index (χ3v) is 4.20. The van der Waals surface area contributed by atoms with Crippen molar-refractivity contribution in [2.45, 2.75) is 37.7 Å². The average Bonchev–Trinajstić information content (AvgIpc) is 2.42. The number of rotatable bonds is 6. The third kappa shape index (κ3) is 4.40. The largest absolute Gasteiger partial charge is 0.459 e. The predicted octanol–water partition coefficient (Wildman–Crippen LogP) is 2.87. The summed E-state index contributed by atoms with van der Waals surface area (Å²) in [7, 11) is 0.914. The van der Waals surface area contributed by atoms with Crippen molar-refractivity contribution in [2.75, 3.05) is 0 Å². The van der Waals surface area contributed by atoms with Crippen LogP contribution < -0.4 is 0 Å². The minimum atomic E-state index is -4.32. The fourth-order valence-electron chi connectivity index (χ4n) is 1.67. The van der Waals surface area contributed by atoms with Crippen LogP contribution in [-0.2, 0) is 13.8 Å². The monoisotopic (exact) mass is 335 g/mol. The molecule has 0 aliphatic rings. The summed E-state index contributed by atoms with van der Waals surface area (Å²) in [5.41, 5.74) is -0.796. The van der Waals surface area contributed by atoms with Gasteiger partial charge in [0.15, 0.2) is 0 Å². The number of carbonyl (C=O) groups is 1. The molecule has 0 aliphatic heterocycles. The van der Waals surface area contributed by atoms with Crippen LogP contribution >= 0.6 is 10.7 Å². The Bertz CT molecular complexity index is 654. The van der Waals surface area contributed by atoms with Crippen molar-refractivity contribution < 1.29 is 22.9 Å². The fraction of sp³-hybridized carbons (Fsp3) is 0.417. The van der Waals surface area contributed by atoms with Crippen molar-refractivity contribution in [1.29, 1.82) is 0 Å². The van der Waals surface area contributed by atoms with Gasteiger partial charge in [0.05, 0.1) is 10.5 Å². The number of nitro benzene ring substituents is 1. The lowest BCUT2D eigenvalue weighted by Gasteiger charge is -2.14. The number of benzene rings is 1. The molecular weight excluding hydrogens is 322 g/mol. The second-order valence-corrected chi connectivity index (χ2v) is 6.75. The smallest absolute Gasteiger partial charge is 0.339 e. The number of nitro groups is 1. The highest BCUT2D eigenvalue weighted by Gasteiger charge is 2.26. The average molecular weight is 336 g/mol. The van der Waals surface area contributed by atoms with Crippen molar-refractivity contribution in [3.8, 4) is 0 Å². The van der Waals surface area contributed by atoms with Gasteiger partial charge in [-0.1, -0.05) is 13.8 Å². The number of hydrogen-bond acceptors (Lipinski definition) is 6. The van der Waals surface area contributed by atoms with Crippen LogP contribution in [0.3, 0.4) is 0 Å². The van der Waals surface area contributed by atoms with Crippen LogP contribution in [0.5, 0.6) is 0 Å². The van der Waals surface area contributed by atoms with Crippen LogP contribution in [0.1, 0.15) is 37.0 Å². The molecule has 0 atom stereocenters. The minimum Gasteiger partial charge on any atom is -0.459 e. The van der Waals surface area contributed by atoms with E-state index in [0.717, 1.165) is 18.2 Å². The van der Waals surface area contributed by atoms with Gasteiger partial charge in [0, 0.05) is 22.8 Å². The van der Waals surface area contributed by atoms with Gasteiger partial charge in [-0.15, -0.1) is 0 Å². The Balaban J connectivity index is 3.29. The van der Waals surface area contributed by atoms with Crippen LogP contribution in [0.15, 0.2) is 23.1 Å². The standard InChI is InChI=1S/C12H14ClNO6S/c1-3-9(4-2)20-12(15)10-6-5-8(14(16)17)7-11(10)21(13,18)19/h5-7,9H,3-4H2,1-2H3. The molecule has 0 unspecified atom stereocenters. The van der Waals surface area contributed by atoms with Gasteiger partial charge in [-0.3, -0.25) is 10.1 Å². The van der Waals surface area contributed by atoms with Gasteiger partial charge < -0.3 is 4.74 Å². The van der Waals surface area contributed by atoms with E-state index in [4.69, 9.17) is 15.4 Å². The zero-order valence-corrected chi connectivity index (χ0v) is 13.0. The molecule has 0 aromatic heterocycles. The second-order valence-electron chi connectivity index (χ2n) is 4.22. The zero-order valence-electron chi connectivity index (χ0n) is 11.4. The Kier molecular flexibility index (Phi) is 5.68. The Morgan fingerprint density at radius 3 is 2.38 bits per heavy atom. The predicted molar refractivity (Wildman–Crippen MR) is 75.9 cm³/mol. The van der Waals surface area contributed by atoms with Gasteiger partial charge in [0.25, 0.3) is 14.7 Å². The van der Waals surface area contributed by atoms with Crippen LogP contribution in [0, 0.1) is 10.1 Å². The first-order valence-electron chi connectivity index (χ1n) is 6.14. The Morgan fingerprint density at radius 2 is 1.95 bits per heavy atom. The highest BCUT2D eigenvalue weighted by Crippen LogP contribution is 2.26. The molecule has 0 spiro atoms. The zero-order chi connectivity index (χ0) is 16.2. The molecule has 0 saturated carbocycles. The first-order valence-corrected chi connectivity index (χ1v) is 8.45. The molecule has 0 fully saturated rings. The summed E-state index contributed by atoms with van der Waals surface area (Å²) in [5, 5.41) is 10.7. The molecule has 9 heteroatoms. The van der Waals surface area contributed by atoms with Gasteiger partial charge in [0.2, 0.25) is 0 Å². The van der Waals surface area contributed by atoms with Gasteiger partial charge in [-0.25, -0.2) is 13.2 Å². The highest BCUT2D eigenvalue weighted by atomic mass is 35.7. The first kappa shape index (κ1) is 17.4. The minimum absolute atomic E-state index is 0.317. The third-order valence-electron chi connectivity index (χ3n) is 2.84. The number of hydrogen-bond donors (Lipinski definition) is 0. The quantitative estimate of drug-likeness (QED) is 0.342. The van der Waals surface area contributed by atoms with Crippen molar-refractivity contribution in [3.05, 3.63) is 33.9 Å². The van der Waals surface area contributed by atoms with Crippen molar-refractivity contribution in [1.82, 2.24) is 0 Å². The number of carbonyl (C=O) groups excluding carboxylic acids is 1. The van der Waals surface area contributed by atoms with Crippen LogP contribution in [0.25, 0.3) is 0 Å². The lowest BCUT2D eigenvalue weighted by molar-refractivity contribution is -0.385. The highest BCUT2D eigenvalue weighted by molar-refractivity contribution is 8.13. The maximum Gasteiger partial charge on any atom is 0.339 e. The number of non-ortho nitro benzene ring substituents is 1. The van der Waals surface area contributed by atoms with Crippen molar-refractivity contribution in [3.63, 3.8) is 0 Å². The van der Waals surface area contributed by atoms with Crippen molar-refractivity contribution >= 4 is 31.4 Å². The van der Waals surface area contributed by atoms with Gasteiger partial charge >= 0.3 is 5.97 Å². The van der Waals surface area contributed by atoms with Gasteiger partial charge in [-0.05, 0) is 18.9 Å². The Hall–Kier alpha value is -1.67. The van der Waals surface area contributed by atoms with E-state index in [0.29, 0.717) is 12.8 Å². The molecule has 1 aromatic carbocycles. The summed E-state index contributed by atoms with van der Waals surface area (Å²) in [5.74, 6) is -0.877. The second kappa shape index (κ2) is 6.86. The van der Waals surface area contributed by atoms with Gasteiger partial charge in [0.1, 0.15) is 11.0 Å². The summed E-state index contributed by atoms with van der Waals surface area (Å²) in [6.07, 6.45) is 0.773. The van der Waals surface area contributed by atoms with E-state index < -0.39 is 30.5 Å². The maximum atomic E-state index is 12.0. The SMILES string of the molecule is CCC(CC)OC(=O)c1ccc([N+](=O)[O-])cc1S(=O)(=O)Cl. The van der Waals surface area contributed by atoms with E-state index in [9.17, 15) is 23.3 Å². The summed E-state index contributed by atoms with van der Waals surface area (Å²) < 4.78 is 28.1. The number of nitrogens with zero attached hydrogens (tertiary/aromatic N) is 1. The summed E-state index contributed by atoms with van der Waals surface area (Å²) in [6, 6.07) is 2.79. The lowest BCUT2D eigenvalue weighted by Crippen LogP contribution is -2.18. The fourth-order valence-corrected chi connectivity index (χ4v) is 2.72. The van der Waals surface area contributed by atoms with E-state index >= 15 is 0 Å². The van der Waals surface area contributed by atoms with E-state index in [-0.39, 0.29) is 11.7 Å². The Labute approximate surface area is 126 Å². The van der Waals surface area contributed by atoms with E-state index in [1.54, 1.807) is 0 Å². The molecule has 116 valence electrons. The molecule has 1 aromatic rings. The number of halogens is 1. The molecule has 21 heavy (non-hydrogen) atoms. The lowest BCUT2D eigenvalue weighted by atomic mass is 10.2. The maximum absolute atomic E-state index is 12.0. The molecule has 7 nitrogen and oxygen atoms in total. The van der Waals surface area contributed by atoms with Crippen molar-refractivity contribution in [2.24, 2.45) is 0 Å². The molecule has 0 aliphatic carbocycles. The number of esters is 1. The molecule has 0 amide bonds. The first-order chi connectivity index (χ1) is 9.70. The van der Waals surface area contributed by atoms with Gasteiger partial charge in [-0.2, -0.15) is 0 Å². The van der Waals surface area contributed by atoms with E-state index in [1.165, 1.54) is 0 Å². The molecule has 0 radical (unpaired) electrons. The molecule has 1 rings (SSSR count). The molecular formula is C12H14ClNO6S. The summed E-state index contributed by atoms with van der Waals surface area (Å²) in [6.45, 7) is 3.63. The van der Waals surface area contributed by atoms with E-state index in [2.05, 4.69) is 0 Å². The molecule has 0 heterocycles. The van der Waals surface area contributed by atoms with E-state index in [1.807, 2.05) is 13.8 Å². The summed E-state index contributed by atoms with van der Waals surface area (Å²) in [4.78, 5) is 21.3. The Morgan fingerprint density at radius 1 is 1.38 bits per heavy atom. The number of ether oxygens (including phenoxy) is 1. The normalized spacial score (nSPS) is 11.4. The topological polar surface area (TPSA) is 104 Å². The summed E-state index contributed by atoms with van der Waals surface area (Å²) >= 11 is 0. The molecule has 0 bridgehead atoms. The molecule has 0 saturated heterocycles. The molecule has 0 N–H and O–H groups in total. The van der Waals surface area contributed by atoms with Crippen LogP contribution in [0.2, 0.25) is 0 Å². The van der Waals surface area contributed by atoms with Crippen LogP contribution in [0.4, 0.5) is 5.69 Å². The van der Waals surface area contributed by atoms with Crippen LogP contribution in [-0.4, -0.2) is 25.4 Å².